The average molecular weight is 244 g/mol. The van der Waals surface area contributed by atoms with Crippen LogP contribution in [0.1, 0.15) is 30.4 Å². The average Bonchev–Trinajstić information content (AvgIpc) is 2.88. The Bertz CT molecular complexity index is 448. The van der Waals surface area contributed by atoms with Crippen molar-refractivity contribution in [3.63, 3.8) is 0 Å². The quantitative estimate of drug-likeness (QED) is 0.606. The van der Waals surface area contributed by atoms with Crippen LogP contribution in [0.3, 0.4) is 0 Å². The SMILES string of the molecule is CC(CCNCc1ccoc1)c1ccc(N)cc1. The van der Waals surface area contributed by atoms with Crippen molar-refractivity contribution in [2.24, 2.45) is 0 Å². The Morgan fingerprint density at radius 3 is 2.67 bits per heavy atom. The van der Waals surface area contributed by atoms with E-state index in [0.717, 1.165) is 25.2 Å². The molecule has 0 fully saturated rings. The minimum absolute atomic E-state index is 0.544. The Kier molecular flexibility index (Phi) is 4.42. The van der Waals surface area contributed by atoms with Crippen LogP contribution in [0.5, 0.6) is 0 Å². The van der Waals surface area contributed by atoms with Crippen LogP contribution < -0.4 is 11.1 Å². The number of benzene rings is 1. The Balaban J connectivity index is 1.71. The van der Waals surface area contributed by atoms with Gasteiger partial charge in [-0.15, -0.1) is 0 Å². The largest absolute Gasteiger partial charge is 0.472 e. The van der Waals surface area contributed by atoms with Gasteiger partial charge in [-0.2, -0.15) is 0 Å². The molecule has 0 aliphatic carbocycles. The van der Waals surface area contributed by atoms with Crippen molar-refractivity contribution < 1.29 is 4.42 Å². The first-order chi connectivity index (χ1) is 8.75. The molecule has 3 N–H and O–H groups in total. The van der Waals surface area contributed by atoms with E-state index in [-0.39, 0.29) is 0 Å². The highest BCUT2D eigenvalue weighted by molar-refractivity contribution is 5.40. The summed E-state index contributed by atoms with van der Waals surface area (Å²) in [6, 6.07) is 10.1. The minimum atomic E-state index is 0.544. The van der Waals surface area contributed by atoms with E-state index in [0.29, 0.717) is 5.92 Å². The first-order valence-electron chi connectivity index (χ1n) is 6.33. The second kappa shape index (κ2) is 6.26. The van der Waals surface area contributed by atoms with E-state index < -0.39 is 0 Å². The topological polar surface area (TPSA) is 51.2 Å². The van der Waals surface area contributed by atoms with E-state index in [9.17, 15) is 0 Å². The van der Waals surface area contributed by atoms with Crippen LogP contribution in [0.15, 0.2) is 47.3 Å². The summed E-state index contributed by atoms with van der Waals surface area (Å²) in [7, 11) is 0. The van der Waals surface area contributed by atoms with Crippen LogP contribution in [0.4, 0.5) is 5.69 Å². The number of hydrogen-bond donors (Lipinski definition) is 2. The van der Waals surface area contributed by atoms with Crippen LogP contribution in [0.25, 0.3) is 0 Å². The summed E-state index contributed by atoms with van der Waals surface area (Å²) in [5.74, 6) is 0.544. The lowest BCUT2D eigenvalue weighted by molar-refractivity contribution is 0.555. The van der Waals surface area contributed by atoms with Crippen LogP contribution in [-0.2, 0) is 6.54 Å². The maximum Gasteiger partial charge on any atom is 0.0947 e. The van der Waals surface area contributed by atoms with Crippen molar-refractivity contribution in [1.82, 2.24) is 5.32 Å². The fraction of sp³-hybridized carbons (Fsp3) is 0.333. The van der Waals surface area contributed by atoms with Crippen molar-refractivity contribution in [2.45, 2.75) is 25.8 Å². The Morgan fingerprint density at radius 2 is 2.00 bits per heavy atom. The molecule has 0 saturated carbocycles. The molecule has 0 aliphatic rings. The molecule has 1 atom stereocenters. The van der Waals surface area contributed by atoms with Crippen molar-refractivity contribution in [1.29, 1.82) is 0 Å². The van der Waals surface area contributed by atoms with Gasteiger partial charge in [0.05, 0.1) is 12.5 Å². The molecular formula is C15H20N2O. The fourth-order valence-electron chi connectivity index (χ4n) is 1.94. The highest BCUT2D eigenvalue weighted by Crippen LogP contribution is 2.19. The van der Waals surface area contributed by atoms with Gasteiger partial charge in [0.1, 0.15) is 0 Å². The fourth-order valence-corrected chi connectivity index (χ4v) is 1.94. The van der Waals surface area contributed by atoms with Crippen LogP contribution in [0, 0.1) is 0 Å². The molecule has 1 unspecified atom stereocenters. The molecule has 0 aliphatic heterocycles. The van der Waals surface area contributed by atoms with E-state index >= 15 is 0 Å². The lowest BCUT2D eigenvalue weighted by atomic mass is 9.97. The molecule has 3 heteroatoms. The van der Waals surface area contributed by atoms with Crippen molar-refractivity contribution >= 4 is 5.69 Å². The molecule has 1 heterocycles. The lowest BCUT2D eigenvalue weighted by Gasteiger charge is -2.12. The first-order valence-corrected chi connectivity index (χ1v) is 6.33. The molecule has 0 spiro atoms. The number of furan rings is 1. The maximum atomic E-state index is 5.68. The second-order valence-electron chi connectivity index (χ2n) is 4.66. The highest BCUT2D eigenvalue weighted by atomic mass is 16.3. The molecule has 2 rings (SSSR count). The summed E-state index contributed by atoms with van der Waals surface area (Å²) in [5, 5.41) is 3.42. The van der Waals surface area contributed by atoms with E-state index in [2.05, 4.69) is 24.4 Å². The number of hydrogen-bond acceptors (Lipinski definition) is 3. The second-order valence-corrected chi connectivity index (χ2v) is 4.66. The smallest absolute Gasteiger partial charge is 0.0947 e. The number of rotatable bonds is 6. The molecule has 0 radical (unpaired) electrons. The van der Waals surface area contributed by atoms with Gasteiger partial charge in [0.15, 0.2) is 0 Å². The van der Waals surface area contributed by atoms with Gasteiger partial charge in [-0.05, 0) is 42.6 Å². The molecule has 2 aromatic rings. The lowest BCUT2D eigenvalue weighted by Crippen LogP contribution is -2.16. The molecule has 96 valence electrons. The summed E-state index contributed by atoms with van der Waals surface area (Å²) < 4.78 is 5.02. The Hall–Kier alpha value is -1.74. The number of nitrogens with two attached hydrogens (primary N) is 1. The van der Waals surface area contributed by atoms with Gasteiger partial charge in [0.2, 0.25) is 0 Å². The summed E-state index contributed by atoms with van der Waals surface area (Å²) >= 11 is 0. The third kappa shape index (κ3) is 3.64. The third-order valence-corrected chi connectivity index (χ3v) is 3.17. The molecule has 1 aromatic heterocycles. The molecule has 3 nitrogen and oxygen atoms in total. The van der Waals surface area contributed by atoms with E-state index in [1.54, 1.807) is 12.5 Å². The predicted molar refractivity (Wildman–Crippen MR) is 74.3 cm³/mol. The molecule has 1 aromatic carbocycles. The van der Waals surface area contributed by atoms with E-state index in [1.165, 1.54) is 11.1 Å². The summed E-state index contributed by atoms with van der Waals surface area (Å²) in [4.78, 5) is 0. The van der Waals surface area contributed by atoms with Crippen LogP contribution in [-0.4, -0.2) is 6.54 Å². The highest BCUT2D eigenvalue weighted by Gasteiger charge is 2.04. The third-order valence-electron chi connectivity index (χ3n) is 3.17. The molecule has 0 saturated heterocycles. The molecule has 0 amide bonds. The van der Waals surface area contributed by atoms with Crippen molar-refractivity contribution in [3.05, 3.63) is 54.0 Å². The van der Waals surface area contributed by atoms with Gasteiger partial charge >= 0.3 is 0 Å². The standard InChI is InChI=1S/C15H20N2O/c1-12(14-2-4-15(16)5-3-14)6-8-17-10-13-7-9-18-11-13/h2-5,7,9,11-12,17H,6,8,10,16H2,1H3. The van der Waals surface area contributed by atoms with Gasteiger partial charge in [-0.1, -0.05) is 19.1 Å². The van der Waals surface area contributed by atoms with Gasteiger partial charge in [0, 0.05) is 17.8 Å². The zero-order valence-corrected chi connectivity index (χ0v) is 10.7. The predicted octanol–water partition coefficient (Wildman–Crippen LogP) is 3.15. The monoisotopic (exact) mass is 244 g/mol. The molecule has 0 bridgehead atoms. The first kappa shape index (κ1) is 12.7. The summed E-state index contributed by atoms with van der Waals surface area (Å²) in [5.41, 5.74) is 9.04. The zero-order chi connectivity index (χ0) is 12.8. The summed E-state index contributed by atoms with van der Waals surface area (Å²) in [6.07, 6.45) is 4.59. The van der Waals surface area contributed by atoms with E-state index in [4.69, 9.17) is 10.2 Å². The Labute approximate surface area is 108 Å². The van der Waals surface area contributed by atoms with Crippen LogP contribution in [0.2, 0.25) is 0 Å². The molecular weight excluding hydrogens is 224 g/mol. The van der Waals surface area contributed by atoms with Gasteiger partial charge in [0.25, 0.3) is 0 Å². The number of nitrogen functional groups attached to an aromatic ring is 1. The maximum absolute atomic E-state index is 5.68. The normalized spacial score (nSPS) is 12.5. The number of nitrogens with one attached hydrogen (secondary N) is 1. The van der Waals surface area contributed by atoms with Crippen molar-refractivity contribution in [3.8, 4) is 0 Å². The van der Waals surface area contributed by atoms with Gasteiger partial charge < -0.3 is 15.5 Å². The van der Waals surface area contributed by atoms with E-state index in [1.807, 2.05) is 18.2 Å². The zero-order valence-electron chi connectivity index (χ0n) is 10.7. The van der Waals surface area contributed by atoms with Gasteiger partial charge in [-0.3, -0.25) is 0 Å². The van der Waals surface area contributed by atoms with Gasteiger partial charge in [-0.25, -0.2) is 0 Å². The summed E-state index contributed by atoms with van der Waals surface area (Å²) in [6.45, 7) is 4.10. The number of anilines is 1. The Morgan fingerprint density at radius 1 is 1.22 bits per heavy atom. The van der Waals surface area contributed by atoms with Crippen molar-refractivity contribution in [2.75, 3.05) is 12.3 Å². The minimum Gasteiger partial charge on any atom is -0.472 e. The van der Waals surface area contributed by atoms with Crippen LogP contribution >= 0.6 is 0 Å². The molecule has 18 heavy (non-hydrogen) atoms.